The molecule has 2 aromatic carbocycles. The van der Waals surface area contributed by atoms with Gasteiger partial charge in [-0.3, -0.25) is 9.59 Å². The maximum Gasteiger partial charge on any atom is 0.325 e. The van der Waals surface area contributed by atoms with Crippen LogP contribution < -0.4 is 5.73 Å². The van der Waals surface area contributed by atoms with Crippen LogP contribution in [0.25, 0.3) is 0 Å². The Morgan fingerprint density at radius 1 is 1.05 bits per heavy atom. The Kier molecular flexibility index (Phi) is 6.88. The maximum atomic E-state index is 10.5. The van der Waals surface area contributed by atoms with Crippen molar-refractivity contribution < 1.29 is 14.7 Å². The monoisotopic (exact) mass is 325 g/mol. The smallest absolute Gasteiger partial charge is 0.325 e. The molecule has 6 heteroatoms. The highest BCUT2D eigenvalue weighted by molar-refractivity contribution is 6.33. The molecular weight excluding hydrogens is 313 g/mol. The second-order valence-corrected chi connectivity index (χ2v) is 4.79. The molecule has 1 atom stereocenters. The lowest BCUT2D eigenvalue weighted by Crippen LogP contribution is -2.20. The van der Waals surface area contributed by atoms with Gasteiger partial charge in [0.15, 0.2) is 6.29 Å². The Balaban J connectivity index is 0.000000219. The second kappa shape index (κ2) is 8.42. The number of hydrogen-bond acceptors (Lipinski definition) is 3. The van der Waals surface area contributed by atoms with Gasteiger partial charge in [-0.05, 0) is 17.7 Å². The number of rotatable bonds is 3. The third-order valence-electron chi connectivity index (χ3n) is 2.54. The lowest BCUT2D eigenvalue weighted by atomic mass is 10.1. The summed E-state index contributed by atoms with van der Waals surface area (Å²) in [5.41, 5.74) is 6.33. The topological polar surface area (TPSA) is 80.4 Å². The van der Waals surface area contributed by atoms with Crippen molar-refractivity contribution in [2.24, 2.45) is 5.73 Å². The van der Waals surface area contributed by atoms with Gasteiger partial charge in [0.1, 0.15) is 6.04 Å². The van der Waals surface area contributed by atoms with Crippen LogP contribution in [-0.4, -0.2) is 17.4 Å². The zero-order valence-electron chi connectivity index (χ0n) is 10.9. The van der Waals surface area contributed by atoms with Crippen molar-refractivity contribution >= 4 is 35.5 Å². The third kappa shape index (κ3) is 5.19. The van der Waals surface area contributed by atoms with E-state index in [1.165, 1.54) is 0 Å². The standard InChI is InChI=1S/C8H8ClNO2.C7H5ClO/c9-6-4-2-1-3-5(6)7(10)8(11)12;8-7-4-2-1-3-6(7)5-9/h1-4,7H,10H2,(H,11,12);1-5H. The van der Waals surface area contributed by atoms with E-state index in [0.717, 1.165) is 6.29 Å². The van der Waals surface area contributed by atoms with Gasteiger partial charge in [0.2, 0.25) is 0 Å². The normalized spacial score (nSPS) is 11.0. The van der Waals surface area contributed by atoms with E-state index in [9.17, 15) is 9.59 Å². The SMILES string of the molecule is NC(C(=O)O)c1ccccc1Cl.O=Cc1ccccc1Cl. The van der Waals surface area contributed by atoms with Gasteiger partial charge < -0.3 is 10.8 Å². The molecule has 2 aromatic rings. The molecule has 0 aliphatic rings. The van der Waals surface area contributed by atoms with Gasteiger partial charge in [-0.2, -0.15) is 0 Å². The van der Waals surface area contributed by atoms with E-state index >= 15 is 0 Å². The quantitative estimate of drug-likeness (QED) is 0.845. The number of hydrogen-bond donors (Lipinski definition) is 2. The van der Waals surface area contributed by atoms with Gasteiger partial charge in [0, 0.05) is 10.6 Å². The number of carboxylic acid groups (broad SMARTS) is 1. The van der Waals surface area contributed by atoms with Gasteiger partial charge in [-0.25, -0.2) is 0 Å². The predicted molar refractivity (Wildman–Crippen MR) is 82.9 cm³/mol. The first kappa shape index (κ1) is 17.2. The number of aldehydes is 1. The van der Waals surface area contributed by atoms with E-state index in [-0.39, 0.29) is 0 Å². The molecule has 0 spiro atoms. The fourth-order valence-electron chi connectivity index (χ4n) is 1.43. The average molecular weight is 326 g/mol. The molecule has 0 bridgehead atoms. The average Bonchev–Trinajstić information content (AvgIpc) is 2.48. The van der Waals surface area contributed by atoms with Crippen LogP contribution in [0.4, 0.5) is 0 Å². The number of carboxylic acids is 1. The molecule has 0 fully saturated rings. The van der Waals surface area contributed by atoms with E-state index in [1.807, 2.05) is 0 Å². The molecule has 0 amide bonds. The summed E-state index contributed by atoms with van der Waals surface area (Å²) in [7, 11) is 0. The highest BCUT2D eigenvalue weighted by Gasteiger charge is 2.16. The summed E-state index contributed by atoms with van der Waals surface area (Å²) in [5.74, 6) is -1.08. The Morgan fingerprint density at radius 3 is 2.00 bits per heavy atom. The second-order valence-electron chi connectivity index (χ2n) is 3.98. The Morgan fingerprint density at radius 2 is 1.57 bits per heavy atom. The molecule has 0 aliphatic heterocycles. The molecule has 2 rings (SSSR count). The Labute approximate surface area is 132 Å². The van der Waals surface area contributed by atoms with E-state index in [0.29, 0.717) is 21.2 Å². The fraction of sp³-hybridized carbons (Fsp3) is 0.0667. The summed E-state index contributed by atoms with van der Waals surface area (Å²) >= 11 is 11.3. The maximum absolute atomic E-state index is 10.5. The number of carbonyl (C=O) groups excluding carboxylic acids is 1. The predicted octanol–water partition coefficient (Wildman–Crippen LogP) is 3.58. The number of halogens is 2. The summed E-state index contributed by atoms with van der Waals surface area (Å²) in [6.07, 6.45) is 0.738. The number of aliphatic carboxylic acids is 1. The van der Waals surface area contributed by atoms with Crippen molar-refractivity contribution in [1.29, 1.82) is 0 Å². The van der Waals surface area contributed by atoms with Crippen LogP contribution in [0, 0.1) is 0 Å². The van der Waals surface area contributed by atoms with Crippen LogP contribution in [0.3, 0.4) is 0 Å². The zero-order chi connectivity index (χ0) is 15.8. The molecule has 0 aliphatic carbocycles. The summed E-state index contributed by atoms with van der Waals surface area (Å²) in [4.78, 5) is 20.6. The van der Waals surface area contributed by atoms with E-state index < -0.39 is 12.0 Å². The van der Waals surface area contributed by atoms with Gasteiger partial charge in [0.05, 0.1) is 5.02 Å². The minimum atomic E-state index is -1.08. The van der Waals surface area contributed by atoms with Crippen LogP contribution in [0.5, 0.6) is 0 Å². The molecule has 1 unspecified atom stereocenters. The fourth-order valence-corrected chi connectivity index (χ4v) is 1.86. The lowest BCUT2D eigenvalue weighted by Gasteiger charge is -2.07. The molecule has 110 valence electrons. The lowest BCUT2D eigenvalue weighted by molar-refractivity contribution is -0.138. The van der Waals surface area contributed by atoms with Crippen molar-refractivity contribution in [2.45, 2.75) is 6.04 Å². The molecular formula is C15H13Cl2NO3. The first-order chi connectivity index (χ1) is 9.97. The molecule has 0 saturated heterocycles. The van der Waals surface area contributed by atoms with Gasteiger partial charge in [-0.15, -0.1) is 0 Å². The van der Waals surface area contributed by atoms with Crippen LogP contribution >= 0.6 is 23.2 Å². The summed E-state index contributed by atoms with van der Waals surface area (Å²) in [5, 5.41) is 9.47. The Hall–Kier alpha value is -1.88. The Bertz CT molecular complexity index is 632. The molecule has 21 heavy (non-hydrogen) atoms. The number of nitrogens with two attached hydrogens (primary N) is 1. The third-order valence-corrected chi connectivity index (χ3v) is 3.23. The highest BCUT2D eigenvalue weighted by atomic mass is 35.5. The van der Waals surface area contributed by atoms with Crippen molar-refractivity contribution in [3.63, 3.8) is 0 Å². The van der Waals surface area contributed by atoms with E-state index in [2.05, 4.69) is 0 Å². The molecule has 3 N–H and O–H groups in total. The van der Waals surface area contributed by atoms with Crippen LogP contribution in [0.15, 0.2) is 48.5 Å². The van der Waals surface area contributed by atoms with Crippen LogP contribution in [0.2, 0.25) is 10.0 Å². The van der Waals surface area contributed by atoms with Gasteiger partial charge in [-0.1, -0.05) is 59.6 Å². The first-order valence-electron chi connectivity index (χ1n) is 5.90. The molecule has 0 heterocycles. The van der Waals surface area contributed by atoms with Crippen molar-refractivity contribution in [3.8, 4) is 0 Å². The minimum absolute atomic E-state index is 0.382. The van der Waals surface area contributed by atoms with E-state index in [1.54, 1.807) is 48.5 Å². The van der Waals surface area contributed by atoms with Gasteiger partial charge in [0.25, 0.3) is 0 Å². The molecule has 4 nitrogen and oxygen atoms in total. The van der Waals surface area contributed by atoms with Crippen molar-refractivity contribution in [3.05, 3.63) is 69.7 Å². The molecule has 0 radical (unpaired) electrons. The van der Waals surface area contributed by atoms with Crippen LogP contribution in [-0.2, 0) is 4.79 Å². The zero-order valence-corrected chi connectivity index (χ0v) is 12.4. The number of carbonyl (C=O) groups is 2. The van der Waals surface area contributed by atoms with Crippen molar-refractivity contribution in [1.82, 2.24) is 0 Å². The molecule has 0 saturated carbocycles. The summed E-state index contributed by atoms with van der Waals surface area (Å²) in [6, 6.07) is 12.5. The molecule has 0 aromatic heterocycles. The number of benzene rings is 2. The van der Waals surface area contributed by atoms with E-state index in [4.69, 9.17) is 34.0 Å². The van der Waals surface area contributed by atoms with Crippen LogP contribution in [0.1, 0.15) is 22.0 Å². The summed E-state index contributed by atoms with van der Waals surface area (Å²) in [6.45, 7) is 0. The van der Waals surface area contributed by atoms with Crippen molar-refractivity contribution in [2.75, 3.05) is 0 Å². The largest absolute Gasteiger partial charge is 0.480 e. The first-order valence-corrected chi connectivity index (χ1v) is 6.65. The summed E-state index contributed by atoms with van der Waals surface area (Å²) < 4.78 is 0. The highest BCUT2D eigenvalue weighted by Crippen LogP contribution is 2.20. The minimum Gasteiger partial charge on any atom is -0.480 e. The van der Waals surface area contributed by atoms with Gasteiger partial charge >= 0.3 is 5.97 Å².